The second kappa shape index (κ2) is 4.12. The van der Waals surface area contributed by atoms with Gasteiger partial charge < -0.3 is 10.1 Å². The molecule has 1 heterocycles. The van der Waals surface area contributed by atoms with E-state index in [2.05, 4.69) is 11.9 Å². The third kappa shape index (κ3) is 1.61. The van der Waals surface area contributed by atoms with Crippen molar-refractivity contribution < 1.29 is 9.90 Å². The summed E-state index contributed by atoms with van der Waals surface area (Å²) >= 11 is 0. The van der Waals surface area contributed by atoms with E-state index in [1.807, 2.05) is 6.92 Å². The number of H-pyrrole nitrogens is 1. The van der Waals surface area contributed by atoms with Crippen molar-refractivity contribution in [3.05, 3.63) is 22.5 Å². The Labute approximate surface area is 119 Å². The monoisotopic (exact) mass is 273 g/mol. The number of hydrogen-bond acceptors (Lipinski definition) is 1. The normalized spacial score (nSPS) is 38.4. The summed E-state index contributed by atoms with van der Waals surface area (Å²) in [6.45, 7) is 3.95. The molecule has 0 saturated heterocycles. The molecule has 4 bridgehead atoms. The van der Waals surface area contributed by atoms with Crippen molar-refractivity contribution in [3.63, 3.8) is 0 Å². The molecular weight excluding hydrogens is 250 g/mol. The molecule has 0 aliphatic heterocycles. The number of aromatic amines is 1. The summed E-state index contributed by atoms with van der Waals surface area (Å²) in [4.78, 5) is 15.0. The molecule has 0 amide bonds. The van der Waals surface area contributed by atoms with Gasteiger partial charge in [-0.1, -0.05) is 0 Å². The fraction of sp³-hybridized carbons (Fsp3) is 0.706. The summed E-state index contributed by atoms with van der Waals surface area (Å²) < 4.78 is 0. The lowest BCUT2D eigenvalue weighted by Crippen LogP contribution is -2.44. The fourth-order valence-electron chi connectivity index (χ4n) is 5.89. The molecule has 0 aromatic carbocycles. The summed E-state index contributed by atoms with van der Waals surface area (Å²) in [6.07, 6.45) is 6.78. The van der Waals surface area contributed by atoms with Crippen LogP contribution in [0.1, 0.15) is 65.3 Å². The number of carboxylic acids is 1. The number of aromatic carboxylic acids is 1. The molecule has 4 aliphatic carbocycles. The van der Waals surface area contributed by atoms with Crippen molar-refractivity contribution in [2.45, 2.75) is 51.9 Å². The Hall–Kier alpha value is -1.25. The quantitative estimate of drug-likeness (QED) is 0.859. The van der Waals surface area contributed by atoms with Gasteiger partial charge in [0.05, 0.1) is 5.56 Å². The first-order chi connectivity index (χ1) is 9.54. The van der Waals surface area contributed by atoms with Crippen molar-refractivity contribution >= 4 is 5.97 Å². The minimum atomic E-state index is -0.754. The van der Waals surface area contributed by atoms with Gasteiger partial charge in [-0.3, -0.25) is 0 Å². The highest BCUT2D eigenvalue weighted by Gasteiger charge is 2.50. The van der Waals surface area contributed by atoms with Gasteiger partial charge in [0.25, 0.3) is 0 Å². The van der Waals surface area contributed by atoms with E-state index >= 15 is 0 Å². The van der Waals surface area contributed by atoms with Gasteiger partial charge in [-0.05, 0) is 81.1 Å². The van der Waals surface area contributed by atoms with Crippen LogP contribution in [0, 0.1) is 37.5 Å². The molecule has 4 fully saturated rings. The van der Waals surface area contributed by atoms with Gasteiger partial charge in [0, 0.05) is 11.4 Å². The minimum Gasteiger partial charge on any atom is -0.478 e. The zero-order valence-electron chi connectivity index (χ0n) is 12.3. The van der Waals surface area contributed by atoms with Crippen LogP contribution in [0.25, 0.3) is 0 Å². The van der Waals surface area contributed by atoms with E-state index in [0.29, 0.717) is 11.5 Å². The van der Waals surface area contributed by atoms with Gasteiger partial charge in [0.2, 0.25) is 0 Å². The molecule has 0 atom stereocenters. The van der Waals surface area contributed by atoms with Crippen LogP contribution < -0.4 is 0 Å². The lowest BCUT2D eigenvalue weighted by molar-refractivity contribution is -0.00330. The lowest BCUT2D eigenvalue weighted by atomic mass is 9.50. The molecule has 3 heteroatoms. The smallest absolute Gasteiger partial charge is 0.337 e. The van der Waals surface area contributed by atoms with Gasteiger partial charge >= 0.3 is 5.97 Å². The molecule has 108 valence electrons. The van der Waals surface area contributed by atoms with Crippen LogP contribution in [0.5, 0.6) is 0 Å². The Morgan fingerprint density at radius 3 is 2.05 bits per heavy atom. The highest BCUT2D eigenvalue weighted by Crippen LogP contribution is 2.60. The third-order valence-corrected chi connectivity index (χ3v) is 6.20. The predicted octanol–water partition coefficient (Wildman–Crippen LogP) is 3.87. The number of aromatic nitrogens is 1. The Morgan fingerprint density at radius 2 is 1.55 bits per heavy atom. The van der Waals surface area contributed by atoms with E-state index in [1.54, 1.807) is 0 Å². The predicted molar refractivity (Wildman–Crippen MR) is 77.0 cm³/mol. The molecule has 5 rings (SSSR count). The zero-order chi connectivity index (χ0) is 14.0. The van der Waals surface area contributed by atoms with E-state index in [9.17, 15) is 9.90 Å². The number of carbonyl (C=O) groups is 1. The lowest BCUT2D eigenvalue weighted by Gasteiger charge is -2.54. The Bertz CT molecular complexity index is 544. The topological polar surface area (TPSA) is 53.1 Å². The van der Waals surface area contributed by atoms with Crippen LogP contribution in [0.3, 0.4) is 0 Å². The van der Waals surface area contributed by atoms with E-state index in [0.717, 1.165) is 40.6 Å². The molecule has 4 saturated carbocycles. The fourth-order valence-corrected chi connectivity index (χ4v) is 5.89. The largest absolute Gasteiger partial charge is 0.478 e. The average Bonchev–Trinajstić information content (AvgIpc) is 2.63. The Kier molecular flexibility index (Phi) is 2.57. The Balaban J connectivity index is 1.80. The Morgan fingerprint density at radius 1 is 1.00 bits per heavy atom. The number of carboxylic acid groups (broad SMARTS) is 1. The second-order valence-electron chi connectivity index (χ2n) is 7.43. The van der Waals surface area contributed by atoms with E-state index in [4.69, 9.17) is 0 Å². The summed E-state index contributed by atoms with van der Waals surface area (Å²) in [5, 5.41) is 9.59. The van der Waals surface area contributed by atoms with E-state index in [-0.39, 0.29) is 0 Å². The summed E-state index contributed by atoms with van der Waals surface area (Å²) in [7, 11) is 0. The van der Waals surface area contributed by atoms with Crippen LogP contribution in [0.2, 0.25) is 0 Å². The first kappa shape index (κ1) is 12.5. The molecule has 0 radical (unpaired) electrons. The van der Waals surface area contributed by atoms with E-state index < -0.39 is 5.97 Å². The number of nitrogens with one attached hydrogen (secondary N) is 1. The van der Waals surface area contributed by atoms with Gasteiger partial charge in [-0.25, -0.2) is 4.79 Å². The molecule has 1 aromatic rings. The third-order valence-electron chi connectivity index (χ3n) is 6.20. The maximum Gasteiger partial charge on any atom is 0.337 e. The molecule has 4 aliphatic rings. The second-order valence-corrected chi connectivity index (χ2v) is 7.43. The minimum absolute atomic E-state index is 0.499. The highest BCUT2D eigenvalue weighted by atomic mass is 16.4. The average molecular weight is 273 g/mol. The van der Waals surface area contributed by atoms with Crippen LogP contribution in [-0.2, 0) is 0 Å². The van der Waals surface area contributed by atoms with Crippen molar-refractivity contribution in [1.82, 2.24) is 4.98 Å². The van der Waals surface area contributed by atoms with Crippen LogP contribution >= 0.6 is 0 Å². The molecule has 2 N–H and O–H groups in total. The number of aryl methyl sites for hydroxylation is 2. The molecule has 0 unspecified atom stereocenters. The summed E-state index contributed by atoms with van der Waals surface area (Å²) in [5.74, 6) is 3.08. The van der Waals surface area contributed by atoms with Crippen LogP contribution in [-0.4, -0.2) is 16.1 Å². The maximum absolute atomic E-state index is 11.7. The van der Waals surface area contributed by atoms with Gasteiger partial charge in [0.15, 0.2) is 0 Å². The molecule has 1 aromatic heterocycles. The van der Waals surface area contributed by atoms with Crippen molar-refractivity contribution in [3.8, 4) is 0 Å². The van der Waals surface area contributed by atoms with Crippen molar-refractivity contribution in [2.75, 3.05) is 0 Å². The standard InChI is InChI=1S/C17H23NO2/c1-8-14(15(17(19)20)9(2)18-8)16-12-4-10-3-11(6-12)7-13(16)5-10/h10-13,16,18H,3-7H2,1-2H3,(H,19,20). The van der Waals surface area contributed by atoms with Gasteiger partial charge in [-0.15, -0.1) is 0 Å². The van der Waals surface area contributed by atoms with Gasteiger partial charge in [-0.2, -0.15) is 0 Å². The zero-order valence-corrected chi connectivity index (χ0v) is 12.3. The molecule has 0 spiro atoms. The van der Waals surface area contributed by atoms with Gasteiger partial charge in [0.1, 0.15) is 0 Å². The summed E-state index contributed by atoms with van der Waals surface area (Å²) in [6, 6.07) is 0. The van der Waals surface area contributed by atoms with Crippen LogP contribution in [0.4, 0.5) is 0 Å². The first-order valence-corrected chi connectivity index (χ1v) is 7.97. The first-order valence-electron chi connectivity index (χ1n) is 7.97. The van der Waals surface area contributed by atoms with Crippen LogP contribution in [0.15, 0.2) is 0 Å². The molecular formula is C17H23NO2. The molecule has 3 nitrogen and oxygen atoms in total. The van der Waals surface area contributed by atoms with Crippen molar-refractivity contribution in [1.29, 1.82) is 0 Å². The van der Waals surface area contributed by atoms with Crippen molar-refractivity contribution in [2.24, 2.45) is 23.7 Å². The van der Waals surface area contributed by atoms with E-state index in [1.165, 1.54) is 32.1 Å². The number of rotatable bonds is 2. The SMILES string of the molecule is Cc1[nH]c(C)c(C2C3CC4CC(C3)CC2C4)c1C(=O)O. The summed E-state index contributed by atoms with van der Waals surface area (Å²) in [5.41, 5.74) is 3.64. The highest BCUT2D eigenvalue weighted by molar-refractivity contribution is 5.91. The number of hydrogen-bond donors (Lipinski definition) is 2. The maximum atomic E-state index is 11.7. The molecule has 20 heavy (non-hydrogen) atoms.